The number of alkyl halides is 3. The molecule has 0 aromatic heterocycles. The van der Waals surface area contributed by atoms with E-state index in [9.17, 15) is 22.8 Å². The molecular formula is C19H30F3N3O2. The van der Waals surface area contributed by atoms with E-state index in [1.165, 1.54) is 0 Å². The summed E-state index contributed by atoms with van der Waals surface area (Å²) in [4.78, 5) is 26.6. The molecule has 1 saturated carbocycles. The maximum atomic E-state index is 13.0. The Morgan fingerprint density at radius 2 is 1.89 bits per heavy atom. The second-order valence-corrected chi connectivity index (χ2v) is 8.29. The molecule has 3 rings (SSSR count). The molecule has 2 N–H and O–H groups in total. The van der Waals surface area contributed by atoms with Crippen LogP contribution in [0.25, 0.3) is 0 Å². The summed E-state index contributed by atoms with van der Waals surface area (Å²) in [6, 6.07) is -0.118. The Morgan fingerprint density at radius 1 is 1.07 bits per heavy atom. The minimum Gasteiger partial charge on any atom is -0.354 e. The van der Waals surface area contributed by atoms with Crippen molar-refractivity contribution in [3.63, 3.8) is 0 Å². The lowest BCUT2D eigenvalue weighted by Crippen LogP contribution is -2.48. The summed E-state index contributed by atoms with van der Waals surface area (Å²) in [7, 11) is 0. The molecule has 4 atom stereocenters. The van der Waals surface area contributed by atoms with Gasteiger partial charge in [0.2, 0.25) is 11.8 Å². The van der Waals surface area contributed by atoms with Crippen molar-refractivity contribution in [1.29, 1.82) is 0 Å². The Hall–Kier alpha value is -1.31. The van der Waals surface area contributed by atoms with E-state index >= 15 is 0 Å². The molecule has 2 heterocycles. The van der Waals surface area contributed by atoms with E-state index in [1.54, 1.807) is 4.90 Å². The number of hydrogen-bond donors (Lipinski definition) is 2. The normalized spacial score (nSPS) is 32.3. The predicted molar refractivity (Wildman–Crippen MR) is 94.8 cm³/mol. The Balaban J connectivity index is 1.48. The van der Waals surface area contributed by atoms with Gasteiger partial charge in [0, 0.05) is 25.6 Å². The summed E-state index contributed by atoms with van der Waals surface area (Å²) in [5, 5.41) is 6.13. The highest BCUT2D eigenvalue weighted by Crippen LogP contribution is 2.40. The van der Waals surface area contributed by atoms with Gasteiger partial charge in [-0.05, 0) is 57.4 Å². The zero-order chi connectivity index (χ0) is 19.4. The first kappa shape index (κ1) is 20.4. The standard InChI is InChI=1S/C19H30F3N3O2/c20-19(21,22)15-6-1-5-14(10-15)18(27)25-9-3-4-13(12-25)11-24-17(26)16-7-2-8-23-16/h13-16,23H,1-12H2,(H,24,26). The van der Waals surface area contributed by atoms with Gasteiger partial charge in [-0.15, -0.1) is 0 Å². The first-order valence-electron chi connectivity index (χ1n) is 10.2. The molecule has 8 heteroatoms. The van der Waals surface area contributed by atoms with E-state index in [1.807, 2.05) is 0 Å². The van der Waals surface area contributed by atoms with Crippen molar-refractivity contribution < 1.29 is 22.8 Å². The van der Waals surface area contributed by atoms with E-state index in [0.29, 0.717) is 32.5 Å². The number of halogens is 3. The highest BCUT2D eigenvalue weighted by molar-refractivity contribution is 5.82. The third-order valence-corrected chi connectivity index (χ3v) is 6.26. The number of hydrogen-bond acceptors (Lipinski definition) is 3. The SMILES string of the molecule is O=C(NCC1CCCN(C(=O)C2CCCC(C(F)(F)F)C2)C1)C1CCCN1. The Labute approximate surface area is 158 Å². The summed E-state index contributed by atoms with van der Waals surface area (Å²) in [6.07, 6.45) is 0.486. The molecule has 3 fully saturated rings. The first-order chi connectivity index (χ1) is 12.8. The summed E-state index contributed by atoms with van der Waals surface area (Å²) in [6.45, 7) is 2.53. The lowest BCUT2D eigenvalue weighted by molar-refractivity contribution is -0.187. The number of carbonyl (C=O) groups is 2. The smallest absolute Gasteiger partial charge is 0.354 e. The van der Waals surface area contributed by atoms with Crippen LogP contribution in [0, 0.1) is 17.8 Å². The van der Waals surface area contributed by atoms with Gasteiger partial charge in [-0.3, -0.25) is 9.59 Å². The minimum absolute atomic E-state index is 0.0104. The van der Waals surface area contributed by atoms with Gasteiger partial charge in [0.25, 0.3) is 0 Å². The van der Waals surface area contributed by atoms with E-state index in [2.05, 4.69) is 10.6 Å². The molecule has 0 aromatic carbocycles. The molecule has 2 aliphatic heterocycles. The Morgan fingerprint density at radius 3 is 2.59 bits per heavy atom. The van der Waals surface area contributed by atoms with Crippen LogP contribution in [0.4, 0.5) is 13.2 Å². The van der Waals surface area contributed by atoms with Crippen LogP contribution in [0.3, 0.4) is 0 Å². The van der Waals surface area contributed by atoms with Crippen LogP contribution < -0.4 is 10.6 Å². The topological polar surface area (TPSA) is 61.4 Å². The number of likely N-dealkylation sites (tertiary alicyclic amines) is 1. The molecule has 5 nitrogen and oxygen atoms in total. The summed E-state index contributed by atoms with van der Waals surface area (Å²) < 4.78 is 39.0. The van der Waals surface area contributed by atoms with Crippen LogP contribution in [0.15, 0.2) is 0 Å². The summed E-state index contributed by atoms with van der Waals surface area (Å²) in [5.74, 6) is -1.80. The monoisotopic (exact) mass is 389 g/mol. The number of nitrogens with zero attached hydrogens (tertiary/aromatic N) is 1. The van der Waals surface area contributed by atoms with Crippen LogP contribution in [-0.2, 0) is 9.59 Å². The second kappa shape index (κ2) is 8.80. The fourth-order valence-electron chi connectivity index (χ4n) is 4.68. The molecule has 2 amide bonds. The van der Waals surface area contributed by atoms with Crippen molar-refractivity contribution in [1.82, 2.24) is 15.5 Å². The first-order valence-corrected chi connectivity index (χ1v) is 10.2. The van der Waals surface area contributed by atoms with E-state index in [-0.39, 0.29) is 36.6 Å². The zero-order valence-electron chi connectivity index (χ0n) is 15.7. The molecule has 0 spiro atoms. The van der Waals surface area contributed by atoms with E-state index < -0.39 is 18.0 Å². The van der Waals surface area contributed by atoms with Gasteiger partial charge in [0.05, 0.1) is 12.0 Å². The third kappa shape index (κ3) is 5.36. The lowest BCUT2D eigenvalue weighted by atomic mass is 9.80. The average molecular weight is 389 g/mol. The van der Waals surface area contributed by atoms with Gasteiger partial charge in [-0.25, -0.2) is 0 Å². The molecule has 0 radical (unpaired) electrons. The molecular weight excluding hydrogens is 359 g/mol. The van der Waals surface area contributed by atoms with Gasteiger partial charge >= 0.3 is 6.18 Å². The Bertz CT molecular complexity index is 535. The summed E-state index contributed by atoms with van der Waals surface area (Å²) >= 11 is 0. The molecule has 0 bridgehead atoms. The molecule has 3 aliphatic rings. The van der Waals surface area contributed by atoms with Crippen LogP contribution in [0.2, 0.25) is 0 Å². The summed E-state index contributed by atoms with van der Waals surface area (Å²) in [5.41, 5.74) is 0. The van der Waals surface area contributed by atoms with Crippen LogP contribution in [-0.4, -0.2) is 55.1 Å². The maximum Gasteiger partial charge on any atom is 0.391 e. The molecule has 2 saturated heterocycles. The average Bonchev–Trinajstić information content (AvgIpc) is 3.20. The lowest BCUT2D eigenvalue weighted by Gasteiger charge is -2.37. The van der Waals surface area contributed by atoms with Crippen LogP contribution in [0.1, 0.15) is 51.4 Å². The molecule has 27 heavy (non-hydrogen) atoms. The molecule has 154 valence electrons. The van der Waals surface area contributed by atoms with E-state index in [4.69, 9.17) is 0 Å². The number of carbonyl (C=O) groups excluding carboxylic acids is 2. The molecule has 1 aliphatic carbocycles. The van der Waals surface area contributed by atoms with Gasteiger partial charge in [0.1, 0.15) is 0 Å². The van der Waals surface area contributed by atoms with Crippen LogP contribution >= 0.6 is 0 Å². The quantitative estimate of drug-likeness (QED) is 0.777. The highest BCUT2D eigenvalue weighted by Gasteiger charge is 2.44. The largest absolute Gasteiger partial charge is 0.391 e. The van der Waals surface area contributed by atoms with Gasteiger partial charge in [-0.1, -0.05) is 6.42 Å². The van der Waals surface area contributed by atoms with Crippen molar-refractivity contribution in [2.45, 2.75) is 63.6 Å². The van der Waals surface area contributed by atoms with Crippen molar-refractivity contribution in [2.24, 2.45) is 17.8 Å². The fourth-order valence-corrected chi connectivity index (χ4v) is 4.68. The van der Waals surface area contributed by atoms with Crippen molar-refractivity contribution >= 4 is 11.8 Å². The Kier molecular flexibility index (Phi) is 6.65. The number of rotatable bonds is 4. The maximum absolute atomic E-state index is 13.0. The van der Waals surface area contributed by atoms with E-state index in [0.717, 1.165) is 32.2 Å². The van der Waals surface area contributed by atoms with Gasteiger partial charge in [-0.2, -0.15) is 13.2 Å². The minimum atomic E-state index is -4.21. The number of nitrogens with one attached hydrogen (secondary N) is 2. The number of piperidine rings is 1. The fraction of sp³-hybridized carbons (Fsp3) is 0.895. The highest BCUT2D eigenvalue weighted by atomic mass is 19.4. The molecule has 4 unspecified atom stereocenters. The van der Waals surface area contributed by atoms with Gasteiger partial charge in [0.15, 0.2) is 0 Å². The van der Waals surface area contributed by atoms with Crippen molar-refractivity contribution in [2.75, 3.05) is 26.2 Å². The van der Waals surface area contributed by atoms with Gasteiger partial charge < -0.3 is 15.5 Å². The van der Waals surface area contributed by atoms with Crippen LogP contribution in [0.5, 0.6) is 0 Å². The third-order valence-electron chi connectivity index (χ3n) is 6.26. The van der Waals surface area contributed by atoms with Crippen molar-refractivity contribution in [3.8, 4) is 0 Å². The zero-order valence-corrected chi connectivity index (χ0v) is 15.7. The number of amides is 2. The van der Waals surface area contributed by atoms with Crippen molar-refractivity contribution in [3.05, 3.63) is 0 Å². The molecule has 0 aromatic rings. The predicted octanol–water partition coefficient (Wildman–Crippen LogP) is 2.46. The second-order valence-electron chi connectivity index (χ2n) is 8.29.